The maximum atomic E-state index is 13.3. The average molecular weight is 406 g/mol. The molecule has 158 valence electrons. The molecule has 6 nitrogen and oxygen atoms in total. The van der Waals surface area contributed by atoms with E-state index in [1.54, 1.807) is 0 Å². The Hall–Kier alpha value is -2.89. The third kappa shape index (κ3) is 3.91. The zero-order valence-electron chi connectivity index (χ0n) is 18.8. The van der Waals surface area contributed by atoms with Gasteiger partial charge in [-0.15, -0.1) is 0 Å². The first kappa shape index (κ1) is 20.4. The van der Waals surface area contributed by atoms with E-state index in [2.05, 4.69) is 43.1 Å². The molecule has 1 amide bonds. The van der Waals surface area contributed by atoms with Gasteiger partial charge in [-0.2, -0.15) is 5.10 Å². The van der Waals surface area contributed by atoms with Crippen LogP contribution in [-0.2, 0) is 12.1 Å². The third-order valence-corrected chi connectivity index (χ3v) is 5.59. The van der Waals surface area contributed by atoms with Gasteiger partial charge in [-0.1, -0.05) is 12.1 Å². The van der Waals surface area contributed by atoms with Crippen molar-refractivity contribution in [2.45, 2.75) is 58.5 Å². The second kappa shape index (κ2) is 7.42. The number of hydrogen-bond acceptors (Lipinski definition) is 4. The lowest BCUT2D eigenvalue weighted by atomic mass is 10.1. The van der Waals surface area contributed by atoms with E-state index in [0.29, 0.717) is 18.0 Å². The number of rotatable bonds is 5. The predicted molar refractivity (Wildman–Crippen MR) is 121 cm³/mol. The second-order valence-electron chi connectivity index (χ2n) is 9.48. The summed E-state index contributed by atoms with van der Waals surface area (Å²) >= 11 is 0. The van der Waals surface area contributed by atoms with Gasteiger partial charge in [0.25, 0.3) is 5.91 Å². The van der Waals surface area contributed by atoms with E-state index < -0.39 is 0 Å². The lowest BCUT2D eigenvalue weighted by Crippen LogP contribution is -2.25. The van der Waals surface area contributed by atoms with Crippen LogP contribution in [-0.4, -0.2) is 34.8 Å². The molecule has 6 heteroatoms. The van der Waals surface area contributed by atoms with Gasteiger partial charge in [0.2, 0.25) is 0 Å². The van der Waals surface area contributed by atoms with Crippen molar-refractivity contribution in [2.24, 2.45) is 0 Å². The Morgan fingerprint density at radius 3 is 2.60 bits per heavy atom. The number of amides is 1. The van der Waals surface area contributed by atoms with Gasteiger partial charge in [0, 0.05) is 37.9 Å². The van der Waals surface area contributed by atoms with Crippen LogP contribution in [0.5, 0.6) is 0 Å². The van der Waals surface area contributed by atoms with Crippen LogP contribution in [0.15, 0.2) is 30.3 Å². The molecule has 0 bridgehead atoms. The molecule has 30 heavy (non-hydrogen) atoms. The molecule has 0 saturated heterocycles. The summed E-state index contributed by atoms with van der Waals surface area (Å²) in [5.41, 5.74) is 5.32. The summed E-state index contributed by atoms with van der Waals surface area (Å²) in [6, 6.07) is 10.2. The van der Waals surface area contributed by atoms with Crippen molar-refractivity contribution in [3.63, 3.8) is 0 Å². The molecule has 0 radical (unpaired) electrons. The summed E-state index contributed by atoms with van der Waals surface area (Å²) in [7, 11) is 4.03. The van der Waals surface area contributed by atoms with Crippen molar-refractivity contribution in [1.82, 2.24) is 20.1 Å². The van der Waals surface area contributed by atoms with Gasteiger partial charge in [0.1, 0.15) is 0 Å². The molecular formula is C24H31N5O. The van der Waals surface area contributed by atoms with E-state index in [9.17, 15) is 4.79 Å². The van der Waals surface area contributed by atoms with E-state index in [-0.39, 0.29) is 11.4 Å². The molecular weight excluding hydrogens is 374 g/mol. The number of anilines is 1. The van der Waals surface area contributed by atoms with Crippen molar-refractivity contribution in [3.8, 4) is 0 Å². The highest BCUT2D eigenvalue weighted by molar-refractivity contribution is 6.06. The van der Waals surface area contributed by atoms with Crippen LogP contribution < -0.4 is 10.2 Å². The average Bonchev–Trinajstić information content (AvgIpc) is 3.48. The minimum absolute atomic E-state index is 0.0730. The van der Waals surface area contributed by atoms with E-state index in [4.69, 9.17) is 10.1 Å². The number of hydrogen-bond donors (Lipinski definition) is 1. The summed E-state index contributed by atoms with van der Waals surface area (Å²) in [5, 5.41) is 8.71. The molecule has 1 fully saturated rings. The molecule has 1 aliphatic rings. The highest BCUT2D eigenvalue weighted by Crippen LogP contribution is 2.41. The Morgan fingerprint density at radius 1 is 1.23 bits per heavy atom. The largest absolute Gasteiger partial charge is 0.378 e. The zero-order valence-corrected chi connectivity index (χ0v) is 18.8. The van der Waals surface area contributed by atoms with Gasteiger partial charge in [-0.05, 0) is 64.3 Å². The lowest BCUT2D eigenvalue weighted by Gasteiger charge is -2.20. The molecule has 3 aromatic rings. The zero-order chi connectivity index (χ0) is 21.6. The fourth-order valence-corrected chi connectivity index (χ4v) is 3.77. The Balaban J connectivity index is 1.70. The van der Waals surface area contributed by atoms with Gasteiger partial charge < -0.3 is 10.2 Å². The fourth-order valence-electron chi connectivity index (χ4n) is 3.77. The number of nitrogens with one attached hydrogen (secondary N) is 1. The smallest absolute Gasteiger partial charge is 0.252 e. The van der Waals surface area contributed by atoms with Gasteiger partial charge in [-0.25, -0.2) is 9.67 Å². The molecule has 0 aliphatic heterocycles. The van der Waals surface area contributed by atoms with Crippen molar-refractivity contribution >= 4 is 22.6 Å². The number of carbonyl (C=O) groups excluding carboxylic acids is 1. The molecule has 2 aromatic heterocycles. The first-order valence-electron chi connectivity index (χ1n) is 10.6. The number of benzene rings is 1. The van der Waals surface area contributed by atoms with E-state index >= 15 is 0 Å². The minimum atomic E-state index is -0.206. The van der Waals surface area contributed by atoms with E-state index in [1.165, 1.54) is 0 Å². The SMILES string of the molecule is Cc1nn(C(C)(C)C)c2nc(C3CC3)cc(C(=O)NCc3cccc(N(C)C)c3)c12. The third-order valence-electron chi connectivity index (χ3n) is 5.59. The number of aromatic nitrogens is 3. The molecule has 1 aromatic carbocycles. The molecule has 2 heterocycles. The second-order valence-corrected chi connectivity index (χ2v) is 9.48. The number of fused-ring (bicyclic) bond motifs is 1. The Bertz CT molecular complexity index is 1100. The predicted octanol–water partition coefficient (Wildman–Crippen LogP) is 4.37. The normalized spacial score (nSPS) is 14.2. The summed E-state index contributed by atoms with van der Waals surface area (Å²) in [4.78, 5) is 20.3. The first-order valence-corrected chi connectivity index (χ1v) is 10.6. The van der Waals surface area contributed by atoms with Gasteiger partial charge in [-0.3, -0.25) is 4.79 Å². The van der Waals surface area contributed by atoms with Crippen LogP contribution in [0.4, 0.5) is 5.69 Å². The lowest BCUT2D eigenvalue weighted by molar-refractivity contribution is 0.0952. The standard InChI is InChI=1S/C24H31N5O/c1-15-21-19(23(30)25-14-16-8-7-9-18(12-16)28(5)6)13-20(17-10-11-17)26-22(21)29(27-15)24(2,3)4/h7-9,12-13,17H,10-11,14H2,1-6H3,(H,25,30). The summed E-state index contributed by atoms with van der Waals surface area (Å²) < 4.78 is 1.96. The van der Waals surface area contributed by atoms with Crippen LogP contribution in [0.3, 0.4) is 0 Å². The van der Waals surface area contributed by atoms with Crippen LogP contribution in [0, 0.1) is 6.92 Å². The van der Waals surface area contributed by atoms with Gasteiger partial charge in [0.15, 0.2) is 5.65 Å². The van der Waals surface area contributed by atoms with Crippen molar-refractivity contribution < 1.29 is 4.79 Å². The molecule has 1 saturated carbocycles. The summed E-state index contributed by atoms with van der Waals surface area (Å²) in [5.74, 6) is 0.387. The highest BCUT2D eigenvalue weighted by Gasteiger charge is 2.30. The molecule has 1 aliphatic carbocycles. The Labute approximate surface area is 178 Å². The van der Waals surface area contributed by atoms with E-state index in [1.807, 2.05) is 43.9 Å². The first-order chi connectivity index (χ1) is 14.1. The van der Waals surface area contributed by atoms with Crippen LogP contribution in [0.25, 0.3) is 11.0 Å². The Kier molecular flexibility index (Phi) is 5.04. The maximum absolute atomic E-state index is 13.3. The fraction of sp³-hybridized carbons (Fsp3) is 0.458. The number of nitrogens with zero attached hydrogens (tertiary/aromatic N) is 4. The van der Waals surface area contributed by atoms with Crippen LogP contribution in [0.2, 0.25) is 0 Å². The molecule has 1 N–H and O–H groups in total. The topological polar surface area (TPSA) is 63.1 Å². The quantitative estimate of drug-likeness (QED) is 0.685. The van der Waals surface area contributed by atoms with Gasteiger partial charge in [0.05, 0.1) is 22.2 Å². The molecule has 4 rings (SSSR count). The molecule has 0 atom stereocenters. The monoisotopic (exact) mass is 405 g/mol. The minimum Gasteiger partial charge on any atom is -0.378 e. The number of carbonyl (C=O) groups is 1. The number of aryl methyl sites for hydroxylation is 1. The van der Waals surface area contributed by atoms with Crippen molar-refractivity contribution in [3.05, 3.63) is 52.8 Å². The van der Waals surface area contributed by atoms with Crippen molar-refractivity contribution in [2.75, 3.05) is 19.0 Å². The Morgan fingerprint density at radius 2 is 1.97 bits per heavy atom. The molecule has 0 unspecified atom stereocenters. The molecule has 0 spiro atoms. The van der Waals surface area contributed by atoms with Crippen LogP contribution >= 0.6 is 0 Å². The van der Waals surface area contributed by atoms with Crippen molar-refractivity contribution in [1.29, 1.82) is 0 Å². The maximum Gasteiger partial charge on any atom is 0.252 e. The van der Waals surface area contributed by atoms with Crippen LogP contribution in [0.1, 0.15) is 66.8 Å². The summed E-state index contributed by atoms with van der Waals surface area (Å²) in [6.07, 6.45) is 2.28. The summed E-state index contributed by atoms with van der Waals surface area (Å²) in [6.45, 7) is 8.78. The van der Waals surface area contributed by atoms with Gasteiger partial charge >= 0.3 is 0 Å². The van der Waals surface area contributed by atoms with E-state index in [0.717, 1.165) is 46.5 Å². The number of pyridine rings is 1. The highest BCUT2D eigenvalue weighted by atomic mass is 16.1.